The van der Waals surface area contributed by atoms with Crippen LogP contribution in [0.3, 0.4) is 0 Å². The van der Waals surface area contributed by atoms with Crippen LogP contribution < -0.4 is 0 Å². The van der Waals surface area contributed by atoms with Gasteiger partial charge in [-0.1, -0.05) is 19.1 Å². The van der Waals surface area contributed by atoms with E-state index in [4.69, 9.17) is 0 Å². The first-order valence-electron chi connectivity index (χ1n) is 3.71. The number of rotatable bonds is 0. The van der Waals surface area contributed by atoms with Gasteiger partial charge in [-0.2, -0.15) is 0 Å². The maximum atomic E-state index is 4.15. The predicted molar refractivity (Wildman–Crippen MR) is 41.1 cm³/mol. The molecule has 1 rings (SSSR count). The van der Waals surface area contributed by atoms with Crippen molar-refractivity contribution in [1.29, 1.82) is 0 Å². The third-order valence-electron chi connectivity index (χ3n) is 2.00. The van der Waals surface area contributed by atoms with Crippen LogP contribution >= 0.6 is 0 Å². The molecule has 1 aliphatic carbocycles. The quantitative estimate of drug-likeness (QED) is 0.434. The van der Waals surface area contributed by atoms with Crippen LogP contribution in [-0.4, -0.2) is 0 Å². The Hall–Kier alpha value is -0.260. The molecule has 0 heterocycles. The number of hydrogen-bond acceptors (Lipinski definition) is 0. The molecule has 0 heteroatoms. The zero-order valence-electron chi connectivity index (χ0n) is 6.19. The molecule has 1 radical (unpaired) electrons. The van der Waals surface area contributed by atoms with Gasteiger partial charge in [0, 0.05) is 0 Å². The third-order valence-corrected chi connectivity index (χ3v) is 2.00. The molecule has 0 N–H and O–H groups in total. The second-order valence-corrected chi connectivity index (χ2v) is 3.36. The van der Waals surface area contributed by atoms with Gasteiger partial charge in [-0.3, -0.25) is 0 Å². The van der Waals surface area contributed by atoms with E-state index < -0.39 is 0 Å². The summed E-state index contributed by atoms with van der Waals surface area (Å²) in [6.07, 6.45) is 9.50. The molecule has 0 fully saturated rings. The average molecular weight is 123 g/mol. The van der Waals surface area contributed by atoms with E-state index in [0.717, 1.165) is 0 Å². The zero-order valence-corrected chi connectivity index (χ0v) is 6.19. The molecule has 0 bridgehead atoms. The molecular weight excluding hydrogens is 108 g/mol. The average Bonchev–Trinajstić information content (AvgIpc) is 1.92. The molecule has 0 aromatic carbocycles. The summed E-state index contributed by atoms with van der Waals surface area (Å²) >= 11 is 0. The van der Waals surface area contributed by atoms with Crippen LogP contribution in [-0.2, 0) is 0 Å². The summed E-state index contributed by atoms with van der Waals surface area (Å²) in [5.41, 5.74) is 0.351. The van der Waals surface area contributed by atoms with Gasteiger partial charge in [-0.25, -0.2) is 0 Å². The van der Waals surface area contributed by atoms with Crippen molar-refractivity contribution < 1.29 is 0 Å². The highest BCUT2D eigenvalue weighted by atomic mass is 14.2. The largest absolute Gasteiger partial charge is 0.0885 e. The molecule has 1 aliphatic rings. The van der Waals surface area contributed by atoms with Crippen LogP contribution in [0.2, 0.25) is 0 Å². The molecule has 0 aromatic rings. The van der Waals surface area contributed by atoms with Crippen LogP contribution in [0, 0.1) is 12.3 Å². The first-order valence-corrected chi connectivity index (χ1v) is 3.71. The van der Waals surface area contributed by atoms with Crippen LogP contribution in [0.1, 0.15) is 32.6 Å². The zero-order chi connectivity index (χ0) is 6.74. The maximum Gasteiger partial charge on any atom is -0.0320 e. The lowest BCUT2D eigenvalue weighted by molar-refractivity contribution is 0.369. The van der Waals surface area contributed by atoms with E-state index in [1.165, 1.54) is 25.7 Å². The first kappa shape index (κ1) is 6.85. The monoisotopic (exact) mass is 123 g/mol. The maximum absolute atomic E-state index is 4.15. The number of allylic oxidation sites excluding steroid dienone is 2. The molecule has 0 atom stereocenters. The van der Waals surface area contributed by atoms with E-state index in [1.807, 2.05) is 0 Å². The van der Waals surface area contributed by atoms with Crippen LogP contribution in [0.5, 0.6) is 0 Å². The lowest BCUT2D eigenvalue weighted by Crippen LogP contribution is -2.08. The SMILES string of the molecule is [CH2]C1(C)CCC=CCC1. The molecular formula is C9H15. The molecule has 9 heavy (non-hydrogen) atoms. The van der Waals surface area contributed by atoms with E-state index in [2.05, 4.69) is 26.0 Å². The lowest BCUT2D eigenvalue weighted by atomic mass is 9.85. The molecule has 0 aliphatic heterocycles. The van der Waals surface area contributed by atoms with E-state index in [0.29, 0.717) is 5.41 Å². The van der Waals surface area contributed by atoms with Gasteiger partial charge in [0.05, 0.1) is 0 Å². The second kappa shape index (κ2) is 2.55. The van der Waals surface area contributed by atoms with Crippen molar-refractivity contribution in [2.45, 2.75) is 32.6 Å². The molecule has 51 valence electrons. The Morgan fingerprint density at radius 3 is 2.11 bits per heavy atom. The Morgan fingerprint density at radius 1 is 1.22 bits per heavy atom. The lowest BCUT2D eigenvalue weighted by Gasteiger charge is -2.20. The van der Waals surface area contributed by atoms with Crippen LogP contribution in [0.25, 0.3) is 0 Å². The Bertz CT molecular complexity index is 97.2. The Morgan fingerprint density at radius 2 is 1.67 bits per heavy atom. The van der Waals surface area contributed by atoms with Crippen molar-refractivity contribution in [2.24, 2.45) is 5.41 Å². The van der Waals surface area contributed by atoms with E-state index >= 15 is 0 Å². The summed E-state index contributed by atoms with van der Waals surface area (Å²) in [7, 11) is 0. The Kier molecular flexibility index (Phi) is 1.94. The highest BCUT2D eigenvalue weighted by Crippen LogP contribution is 2.30. The fourth-order valence-electron chi connectivity index (χ4n) is 1.22. The molecule has 0 saturated heterocycles. The Labute approximate surface area is 58.0 Å². The fourth-order valence-corrected chi connectivity index (χ4v) is 1.22. The Balaban J connectivity index is 2.44. The van der Waals surface area contributed by atoms with Gasteiger partial charge in [0.1, 0.15) is 0 Å². The summed E-state index contributed by atoms with van der Waals surface area (Å²) in [6, 6.07) is 0. The van der Waals surface area contributed by atoms with Gasteiger partial charge in [0.2, 0.25) is 0 Å². The topological polar surface area (TPSA) is 0 Å². The molecule has 0 unspecified atom stereocenters. The third kappa shape index (κ3) is 2.21. The van der Waals surface area contributed by atoms with Crippen molar-refractivity contribution in [1.82, 2.24) is 0 Å². The van der Waals surface area contributed by atoms with E-state index in [9.17, 15) is 0 Å². The van der Waals surface area contributed by atoms with Crippen molar-refractivity contribution >= 4 is 0 Å². The highest BCUT2D eigenvalue weighted by Gasteiger charge is 2.16. The van der Waals surface area contributed by atoms with Gasteiger partial charge in [-0.05, 0) is 38.0 Å². The summed E-state index contributed by atoms with van der Waals surface area (Å²) in [5.74, 6) is 0. The minimum atomic E-state index is 0.351. The minimum absolute atomic E-state index is 0.351. The summed E-state index contributed by atoms with van der Waals surface area (Å²) in [6.45, 7) is 6.40. The molecule has 0 nitrogen and oxygen atoms in total. The molecule has 0 amide bonds. The normalized spacial score (nSPS) is 25.6. The van der Waals surface area contributed by atoms with Crippen LogP contribution in [0.4, 0.5) is 0 Å². The van der Waals surface area contributed by atoms with E-state index in [1.54, 1.807) is 0 Å². The van der Waals surface area contributed by atoms with Gasteiger partial charge < -0.3 is 0 Å². The number of hydrogen-bond donors (Lipinski definition) is 0. The van der Waals surface area contributed by atoms with Crippen molar-refractivity contribution in [3.8, 4) is 0 Å². The van der Waals surface area contributed by atoms with Gasteiger partial charge >= 0.3 is 0 Å². The predicted octanol–water partition coefficient (Wildman–Crippen LogP) is 2.96. The van der Waals surface area contributed by atoms with Gasteiger partial charge in [0.25, 0.3) is 0 Å². The fraction of sp³-hybridized carbons (Fsp3) is 0.667. The standard InChI is InChI=1S/C9H15/c1-9(2)7-5-3-4-6-8-9/h3-4H,1,5-8H2,2H3. The van der Waals surface area contributed by atoms with Gasteiger partial charge in [-0.15, -0.1) is 0 Å². The molecule has 0 spiro atoms. The van der Waals surface area contributed by atoms with Crippen molar-refractivity contribution in [3.05, 3.63) is 19.1 Å². The van der Waals surface area contributed by atoms with E-state index in [-0.39, 0.29) is 0 Å². The minimum Gasteiger partial charge on any atom is -0.0885 e. The smallest absolute Gasteiger partial charge is 0.0320 e. The summed E-state index contributed by atoms with van der Waals surface area (Å²) in [4.78, 5) is 0. The highest BCUT2D eigenvalue weighted by molar-refractivity contribution is 4.92. The van der Waals surface area contributed by atoms with Gasteiger partial charge in [0.15, 0.2) is 0 Å². The first-order chi connectivity index (χ1) is 4.21. The second-order valence-electron chi connectivity index (χ2n) is 3.36. The van der Waals surface area contributed by atoms with Crippen molar-refractivity contribution in [3.63, 3.8) is 0 Å². The van der Waals surface area contributed by atoms with Crippen LogP contribution in [0.15, 0.2) is 12.2 Å². The summed E-state index contributed by atoms with van der Waals surface area (Å²) < 4.78 is 0. The molecule has 0 saturated carbocycles. The summed E-state index contributed by atoms with van der Waals surface area (Å²) in [5, 5.41) is 0. The van der Waals surface area contributed by atoms with Crippen molar-refractivity contribution in [2.75, 3.05) is 0 Å². The molecule has 0 aromatic heterocycles.